The van der Waals surface area contributed by atoms with E-state index in [-0.39, 0.29) is 0 Å². The van der Waals surface area contributed by atoms with E-state index in [4.69, 9.17) is 5.73 Å². The predicted molar refractivity (Wildman–Crippen MR) is 66.2 cm³/mol. The second-order valence-electron chi connectivity index (χ2n) is 5.30. The predicted octanol–water partition coefficient (Wildman–Crippen LogP) is 2.57. The number of aromatic nitrogens is 1. The first kappa shape index (κ1) is 9.94. The molecule has 2 bridgehead atoms. The Morgan fingerprint density at radius 1 is 1.31 bits per heavy atom. The Kier molecular flexibility index (Phi) is 2.27. The largest absolute Gasteiger partial charge is 0.397 e. The van der Waals surface area contributed by atoms with Gasteiger partial charge in [-0.1, -0.05) is 6.42 Å². The van der Waals surface area contributed by atoms with Gasteiger partial charge in [0.2, 0.25) is 0 Å². The standard InChI is InChI=1S/C13H19N3/c1-8-11(14)4-5-13(15-8)16-12-7-9-2-3-10(12)6-9/h4-5,9-10,12H,2-3,6-7,14H2,1H3,(H,15,16). The van der Waals surface area contributed by atoms with Gasteiger partial charge in [-0.2, -0.15) is 0 Å². The van der Waals surface area contributed by atoms with Crippen molar-refractivity contribution in [2.75, 3.05) is 11.1 Å². The molecule has 3 rings (SSSR count). The fourth-order valence-electron chi connectivity index (χ4n) is 3.26. The van der Waals surface area contributed by atoms with Crippen LogP contribution in [0.5, 0.6) is 0 Å². The van der Waals surface area contributed by atoms with Gasteiger partial charge in [0.25, 0.3) is 0 Å². The Labute approximate surface area is 96.4 Å². The zero-order valence-electron chi connectivity index (χ0n) is 9.74. The zero-order chi connectivity index (χ0) is 11.1. The van der Waals surface area contributed by atoms with Crippen LogP contribution in [0.25, 0.3) is 0 Å². The van der Waals surface area contributed by atoms with E-state index in [2.05, 4.69) is 10.3 Å². The molecule has 2 aliphatic carbocycles. The number of anilines is 2. The molecular weight excluding hydrogens is 198 g/mol. The third kappa shape index (κ3) is 1.64. The van der Waals surface area contributed by atoms with Crippen molar-refractivity contribution in [3.63, 3.8) is 0 Å². The third-order valence-corrected chi connectivity index (χ3v) is 4.20. The molecule has 0 saturated heterocycles. The molecule has 0 spiro atoms. The number of fused-ring (bicyclic) bond motifs is 2. The van der Waals surface area contributed by atoms with Crippen molar-refractivity contribution in [3.05, 3.63) is 17.8 Å². The van der Waals surface area contributed by atoms with Gasteiger partial charge < -0.3 is 11.1 Å². The average Bonchev–Trinajstić information content (AvgIpc) is 2.85. The lowest BCUT2D eigenvalue weighted by molar-refractivity contribution is 0.439. The second kappa shape index (κ2) is 3.65. The minimum Gasteiger partial charge on any atom is -0.397 e. The first-order valence-electron chi connectivity index (χ1n) is 6.22. The fourth-order valence-corrected chi connectivity index (χ4v) is 3.26. The molecule has 3 nitrogen and oxygen atoms in total. The molecule has 16 heavy (non-hydrogen) atoms. The highest BCUT2D eigenvalue weighted by Gasteiger charge is 2.39. The average molecular weight is 217 g/mol. The highest BCUT2D eigenvalue weighted by Crippen LogP contribution is 2.45. The molecular formula is C13H19N3. The molecule has 3 atom stereocenters. The molecule has 2 saturated carbocycles. The summed E-state index contributed by atoms with van der Waals surface area (Å²) in [4.78, 5) is 4.48. The number of hydrogen-bond donors (Lipinski definition) is 2. The highest BCUT2D eigenvalue weighted by atomic mass is 15.0. The first-order chi connectivity index (χ1) is 7.72. The van der Waals surface area contributed by atoms with Crippen LogP contribution < -0.4 is 11.1 Å². The Morgan fingerprint density at radius 3 is 2.81 bits per heavy atom. The van der Waals surface area contributed by atoms with E-state index in [9.17, 15) is 0 Å². The van der Waals surface area contributed by atoms with Crippen LogP contribution in [-0.2, 0) is 0 Å². The SMILES string of the molecule is Cc1nc(NC2CC3CCC2C3)ccc1N. The van der Waals surface area contributed by atoms with Crippen LogP contribution in [0.4, 0.5) is 11.5 Å². The summed E-state index contributed by atoms with van der Waals surface area (Å²) in [6, 6.07) is 4.58. The molecule has 3 heteroatoms. The number of nitrogens with two attached hydrogens (primary N) is 1. The maximum Gasteiger partial charge on any atom is 0.126 e. The van der Waals surface area contributed by atoms with Crippen LogP contribution in [-0.4, -0.2) is 11.0 Å². The number of aryl methyl sites for hydroxylation is 1. The maximum atomic E-state index is 5.77. The van der Waals surface area contributed by atoms with Gasteiger partial charge in [0.1, 0.15) is 5.82 Å². The number of nitrogens with zero attached hydrogens (tertiary/aromatic N) is 1. The molecule has 3 unspecified atom stereocenters. The third-order valence-electron chi connectivity index (χ3n) is 4.20. The molecule has 0 aromatic carbocycles. The second-order valence-corrected chi connectivity index (χ2v) is 5.30. The molecule has 1 aromatic rings. The quantitative estimate of drug-likeness (QED) is 0.800. The van der Waals surface area contributed by atoms with E-state index in [1.807, 2.05) is 19.1 Å². The summed E-state index contributed by atoms with van der Waals surface area (Å²) in [5.74, 6) is 2.84. The van der Waals surface area contributed by atoms with E-state index in [0.29, 0.717) is 6.04 Å². The number of pyridine rings is 1. The molecule has 2 fully saturated rings. The summed E-state index contributed by atoms with van der Waals surface area (Å²) >= 11 is 0. The minimum absolute atomic E-state index is 0.647. The smallest absolute Gasteiger partial charge is 0.126 e. The van der Waals surface area contributed by atoms with Crippen LogP contribution in [0.15, 0.2) is 12.1 Å². The lowest BCUT2D eigenvalue weighted by Crippen LogP contribution is -2.26. The Morgan fingerprint density at radius 2 is 2.19 bits per heavy atom. The molecule has 0 amide bonds. The molecule has 86 valence electrons. The van der Waals surface area contributed by atoms with Gasteiger partial charge >= 0.3 is 0 Å². The molecule has 1 heterocycles. The van der Waals surface area contributed by atoms with Crippen molar-refractivity contribution < 1.29 is 0 Å². The van der Waals surface area contributed by atoms with Gasteiger partial charge in [-0.05, 0) is 50.2 Å². The van der Waals surface area contributed by atoms with Crippen molar-refractivity contribution in [2.24, 2.45) is 11.8 Å². The van der Waals surface area contributed by atoms with Gasteiger partial charge in [-0.15, -0.1) is 0 Å². The zero-order valence-corrected chi connectivity index (χ0v) is 9.74. The van der Waals surface area contributed by atoms with Crippen LogP contribution in [0.3, 0.4) is 0 Å². The summed E-state index contributed by atoms with van der Waals surface area (Å²) in [6.07, 6.45) is 5.59. The van der Waals surface area contributed by atoms with Crippen LogP contribution in [0, 0.1) is 18.8 Å². The Hall–Kier alpha value is -1.25. The van der Waals surface area contributed by atoms with Crippen LogP contribution in [0.2, 0.25) is 0 Å². The van der Waals surface area contributed by atoms with Crippen molar-refractivity contribution in [2.45, 2.75) is 38.6 Å². The van der Waals surface area contributed by atoms with Crippen molar-refractivity contribution >= 4 is 11.5 Å². The van der Waals surface area contributed by atoms with Gasteiger partial charge in [0, 0.05) is 6.04 Å². The summed E-state index contributed by atoms with van der Waals surface area (Å²) in [5, 5.41) is 3.57. The molecule has 2 aliphatic rings. The molecule has 3 N–H and O–H groups in total. The topological polar surface area (TPSA) is 50.9 Å². The van der Waals surface area contributed by atoms with Crippen molar-refractivity contribution in [1.82, 2.24) is 4.98 Å². The Balaban J connectivity index is 1.72. The lowest BCUT2D eigenvalue weighted by atomic mass is 9.95. The number of rotatable bonds is 2. The number of hydrogen-bond acceptors (Lipinski definition) is 3. The fraction of sp³-hybridized carbons (Fsp3) is 0.615. The van der Waals surface area contributed by atoms with Crippen molar-refractivity contribution in [1.29, 1.82) is 0 Å². The van der Waals surface area contributed by atoms with E-state index in [1.165, 1.54) is 25.7 Å². The van der Waals surface area contributed by atoms with E-state index < -0.39 is 0 Å². The van der Waals surface area contributed by atoms with Gasteiger partial charge in [-0.25, -0.2) is 4.98 Å². The maximum absolute atomic E-state index is 5.77. The summed E-state index contributed by atoms with van der Waals surface area (Å²) < 4.78 is 0. The van der Waals surface area contributed by atoms with Crippen molar-refractivity contribution in [3.8, 4) is 0 Å². The molecule has 0 radical (unpaired) electrons. The van der Waals surface area contributed by atoms with E-state index in [0.717, 1.165) is 29.0 Å². The van der Waals surface area contributed by atoms with Gasteiger partial charge in [0.15, 0.2) is 0 Å². The lowest BCUT2D eigenvalue weighted by Gasteiger charge is -2.23. The van der Waals surface area contributed by atoms with Crippen LogP contribution in [0.1, 0.15) is 31.4 Å². The normalized spacial score (nSPS) is 31.9. The monoisotopic (exact) mass is 217 g/mol. The first-order valence-corrected chi connectivity index (χ1v) is 6.22. The van der Waals surface area contributed by atoms with Crippen LogP contribution >= 0.6 is 0 Å². The number of nitrogen functional groups attached to an aromatic ring is 1. The van der Waals surface area contributed by atoms with Gasteiger partial charge in [0.05, 0.1) is 11.4 Å². The molecule has 1 aromatic heterocycles. The number of nitrogens with one attached hydrogen (secondary N) is 1. The summed E-state index contributed by atoms with van der Waals surface area (Å²) in [6.45, 7) is 1.96. The van der Waals surface area contributed by atoms with E-state index >= 15 is 0 Å². The van der Waals surface area contributed by atoms with Gasteiger partial charge in [-0.3, -0.25) is 0 Å². The minimum atomic E-state index is 0.647. The van der Waals surface area contributed by atoms with E-state index in [1.54, 1.807) is 0 Å². The molecule has 0 aliphatic heterocycles. The highest BCUT2D eigenvalue weighted by molar-refractivity contribution is 5.49. The Bertz CT molecular complexity index is 402. The summed E-state index contributed by atoms with van der Waals surface area (Å²) in [7, 11) is 0. The summed E-state index contributed by atoms with van der Waals surface area (Å²) in [5.41, 5.74) is 7.47.